The minimum absolute atomic E-state index is 0.699. The third-order valence-electron chi connectivity index (χ3n) is 2.66. The van der Waals surface area contributed by atoms with E-state index in [1.807, 2.05) is 31.2 Å². The van der Waals surface area contributed by atoms with Crippen LogP contribution in [0.25, 0.3) is 6.08 Å². The van der Waals surface area contributed by atoms with Crippen molar-refractivity contribution in [3.05, 3.63) is 71.8 Å². The molecule has 19 heavy (non-hydrogen) atoms. The molecular weight excluding hydrogens is 232 g/mol. The fraction of sp³-hybridized carbons (Fsp3) is 0.222. The van der Waals surface area contributed by atoms with Crippen LogP contribution in [-0.2, 0) is 0 Å². The van der Waals surface area contributed by atoms with Gasteiger partial charge >= 0.3 is 0 Å². The number of rotatable bonds is 3. The lowest BCUT2D eigenvalue weighted by Gasteiger charge is -2.05. The van der Waals surface area contributed by atoms with Crippen LogP contribution in [-0.4, -0.2) is 6.61 Å². The second-order valence-electron chi connectivity index (χ2n) is 4.33. The Hall–Kier alpha value is -2.02. The molecule has 0 saturated carbocycles. The van der Waals surface area contributed by atoms with Gasteiger partial charge in [-0.05, 0) is 26.8 Å². The number of para-hydroxylation sites is 1. The van der Waals surface area contributed by atoms with Gasteiger partial charge in [-0.25, -0.2) is 0 Å². The van der Waals surface area contributed by atoms with Gasteiger partial charge in [0.25, 0.3) is 0 Å². The highest BCUT2D eigenvalue weighted by molar-refractivity contribution is 5.55. The highest BCUT2D eigenvalue weighted by Crippen LogP contribution is 2.18. The molecule has 2 rings (SSSR count). The molecule has 0 aromatic heterocycles. The summed E-state index contributed by atoms with van der Waals surface area (Å²) in [7, 11) is 0. The Morgan fingerprint density at radius 1 is 0.947 bits per heavy atom. The van der Waals surface area contributed by atoms with Crippen molar-refractivity contribution in [1.82, 2.24) is 0 Å². The van der Waals surface area contributed by atoms with Crippen molar-refractivity contribution < 1.29 is 4.74 Å². The monoisotopic (exact) mass is 254 g/mol. The quantitative estimate of drug-likeness (QED) is 0.746. The Balaban J connectivity index is 0.000000200. The summed E-state index contributed by atoms with van der Waals surface area (Å²) >= 11 is 0. The first kappa shape index (κ1) is 15.0. The second-order valence-corrected chi connectivity index (χ2v) is 4.33. The molecule has 100 valence electrons. The Kier molecular flexibility index (Phi) is 6.45. The summed E-state index contributed by atoms with van der Waals surface area (Å²) in [4.78, 5) is 0. The smallest absolute Gasteiger partial charge is 0.126 e. The van der Waals surface area contributed by atoms with E-state index >= 15 is 0 Å². The first-order valence-corrected chi connectivity index (χ1v) is 6.55. The average molecular weight is 254 g/mol. The van der Waals surface area contributed by atoms with Gasteiger partial charge in [-0.15, -0.1) is 0 Å². The summed E-state index contributed by atoms with van der Waals surface area (Å²) in [6.07, 6.45) is 1.80. The van der Waals surface area contributed by atoms with Crippen LogP contribution >= 0.6 is 0 Å². The molecule has 0 aliphatic rings. The summed E-state index contributed by atoms with van der Waals surface area (Å²) < 4.78 is 5.36. The van der Waals surface area contributed by atoms with Crippen molar-refractivity contribution in [3.63, 3.8) is 0 Å². The van der Waals surface area contributed by atoms with Crippen LogP contribution in [0.2, 0.25) is 0 Å². The standard InChI is InChI=1S/C10H12O.C8H10/c1-3-9-7-5-6-8-10(9)11-4-2;1-7-3-5-8(2)6-4-7/h3,5-8H,1,4H2,2H3;3-6H,1-2H3. The van der Waals surface area contributed by atoms with Crippen LogP contribution in [0.3, 0.4) is 0 Å². The van der Waals surface area contributed by atoms with E-state index in [2.05, 4.69) is 44.7 Å². The predicted octanol–water partition coefficient (Wildman–Crippen LogP) is 5.03. The third-order valence-corrected chi connectivity index (χ3v) is 2.66. The molecule has 0 bridgehead atoms. The maximum Gasteiger partial charge on any atom is 0.126 e. The Labute approximate surface area is 116 Å². The maximum atomic E-state index is 5.36. The fourth-order valence-corrected chi connectivity index (χ4v) is 1.57. The van der Waals surface area contributed by atoms with E-state index in [1.54, 1.807) is 6.08 Å². The van der Waals surface area contributed by atoms with E-state index in [1.165, 1.54) is 11.1 Å². The summed E-state index contributed by atoms with van der Waals surface area (Å²) in [5.41, 5.74) is 3.71. The zero-order valence-electron chi connectivity index (χ0n) is 12.0. The summed E-state index contributed by atoms with van der Waals surface area (Å²) in [5, 5.41) is 0. The molecule has 1 nitrogen and oxygen atoms in total. The molecule has 1 heteroatoms. The molecule has 2 aromatic rings. The number of hydrogen-bond acceptors (Lipinski definition) is 1. The number of hydrogen-bond donors (Lipinski definition) is 0. The normalized spacial score (nSPS) is 9.21. The van der Waals surface area contributed by atoms with Gasteiger partial charge in [-0.3, -0.25) is 0 Å². The molecule has 0 spiro atoms. The summed E-state index contributed by atoms with van der Waals surface area (Å²) in [5.74, 6) is 0.907. The zero-order chi connectivity index (χ0) is 14.1. The number of aryl methyl sites for hydroxylation is 2. The van der Waals surface area contributed by atoms with Crippen molar-refractivity contribution >= 4 is 6.08 Å². The Morgan fingerprint density at radius 3 is 1.95 bits per heavy atom. The minimum atomic E-state index is 0.699. The first-order chi connectivity index (χ1) is 9.17. The predicted molar refractivity (Wildman–Crippen MR) is 83.6 cm³/mol. The molecule has 0 N–H and O–H groups in total. The molecule has 0 aliphatic carbocycles. The zero-order valence-corrected chi connectivity index (χ0v) is 12.0. The second kappa shape index (κ2) is 8.15. The van der Waals surface area contributed by atoms with Crippen LogP contribution in [0.1, 0.15) is 23.6 Å². The highest BCUT2D eigenvalue weighted by Gasteiger charge is 1.95. The first-order valence-electron chi connectivity index (χ1n) is 6.55. The van der Waals surface area contributed by atoms with Crippen LogP contribution in [0.15, 0.2) is 55.1 Å². The average Bonchev–Trinajstić information content (AvgIpc) is 2.44. The van der Waals surface area contributed by atoms with Gasteiger partial charge in [-0.2, -0.15) is 0 Å². The molecule has 0 fully saturated rings. The van der Waals surface area contributed by atoms with Gasteiger partial charge in [0.2, 0.25) is 0 Å². The summed E-state index contributed by atoms with van der Waals surface area (Å²) in [6, 6.07) is 16.3. The van der Waals surface area contributed by atoms with Gasteiger partial charge < -0.3 is 4.74 Å². The van der Waals surface area contributed by atoms with E-state index in [9.17, 15) is 0 Å². The fourth-order valence-electron chi connectivity index (χ4n) is 1.57. The van der Waals surface area contributed by atoms with Gasteiger partial charge in [0, 0.05) is 5.56 Å². The molecule has 0 atom stereocenters. The highest BCUT2D eigenvalue weighted by atomic mass is 16.5. The maximum absolute atomic E-state index is 5.36. The van der Waals surface area contributed by atoms with Crippen LogP contribution in [0, 0.1) is 13.8 Å². The third kappa shape index (κ3) is 5.43. The van der Waals surface area contributed by atoms with Crippen molar-refractivity contribution in [2.45, 2.75) is 20.8 Å². The van der Waals surface area contributed by atoms with E-state index in [0.717, 1.165) is 11.3 Å². The molecule has 0 radical (unpaired) electrons. The van der Waals surface area contributed by atoms with Crippen molar-refractivity contribution in [1.29, 1.82) is 0 Å². The van der Waals surface area contributed by atoms with Crippen LogP contribution in [0.4, 0.5) is 0 Å². The molecular formula is C18H22O. The van der Waals surface area contributed by atoms with Crippen molar-refractivity contribution in [3.8, 4) is 5.75 Å². The molecule has 0 aliphatic heterocycles. The van der Waals surface area contributed by atoms with Gasteiger partial charge in [0.05, 0.1) is 6.61 Å². The molecule has 0 heterocycles. The topological polar surface area (TPSA) is 9.23 Å². The van der Waals surface area contributed by atoms with E-state index in [0.29, 0.717) is 6.61 Å². The Bertz CT molecular complexity index is 476. The van der Waals surface area contributed by atoms with Gasteiger partial charge in [0.15, 0.2) is 0 Å². The van der Waals surface area contributed by atoms with Crippen LogP contribution < -0.4 is 4.74 Å². The molecule has 2 aromatic carbocycles. The van der Waals surface area contributed by atoms with Gasteiger partial charge in [0.1, 0.15) is 5.75 Å². The lowest BCUT2D eigenvalue weighted by Crippen LogP contribution is -1.92. The molecule has 0 unspecified atom stereocenters. The number of ether oxygens (including phenoxy) is 1. The van der Waals surface area contributed by atoms with E-state index in [-0.39, 0.29) is 0 Å². The molecule has 0 saturated heterocycles. The Morgan fingerprint density at radius 2 is 1.47 bits per heavy atom. The van der Waals surface area contributed by atoms with Crippen molar-refractivity contribution in [2.75, 3.05) is 6.61 Å². The lowest BCUT2D eigenvalue weighted by molar-refractivity contribution is 0.339. The van der Waals surface area contributed by atoms with Gasteiger partial charge in [-0.1, -0.05) is 66.2 Å². The van der Waals surface area contributed by atoms with E-state index < -0.39 is 0 Å². The minimum Gasteiger partial charge on any atom is -0.493 e. The summed E-state index contributed by atoms with van der Waals surface area (Å²) in [6.45, 7) is 10.6. The largest absolute Gasteiger partial charge is 0.493 e. The number of benzene rings is 2. The lowest BCUT2D eigenvalue weighted by atomic mass is 10.2. The van der Waals surface area contributed by atoms with E-state index in [4.69, 9.17) is 4.74 Å². The SMILES string of the molecule is C=Cc1ccccc1OCC.Cc1ccc(C)cc1. The molecule has 0 amide bonds. The van der Waals surface area contributed by atoms with Crippen LogP contribution in [0.5, 0.6) is 5.75 Å². The van der Waals surface area contributed by atoms with Crippen molar-refractivity contribution in [2.24, 2.45) is 0 Å².